The molecule has 1 heterocycles. The molecule has 1 aliphatic rings. The van der Waals surface area contributed by atoms with E-state index in [-0.39, 0.29) is 6.04 Å². The molecular formula is C15H21Cl2NO. The average Bonchev–Trinajstić information content (AvgIpc) is 2.29. The second-order valence-corrected chi connectivity index (χ2v) is 6.54. The summed E-state index contributed by atoms with van der Waals surface area (Å²) < 4.78 is 5.67. The highest BCUT2D eigenvalue weighted by atomic mass is 35.5. The Kier molecular flexibility index (Phi) is 4.99. The van der Waals surface area contributed by atoms with E-state index in [0.29, 0.717) is 28.6 Å². The van der Waals surface area contributed by atoms with Crippen molar-refractivity contribution in [2.24, 2.45) is 5.92 Å². The number of nitrogens with one attached hydrogen (secondary N) is 1. The van der Waals surface area contributed by atoms with E-state index >= 15 is 0 Å². The van der Waals surface area contributed by atoms with Gasteiger partial charge >= 0.3 is 0 Å². The van der Waals surface area contributed by atoms with Crippen LogP contribution in [-0.2, 0) is 0 Å². The van der Waals surface area contributed by atoms with Gasteiger partial charge in [0.2, 0.25) is 0 Å². The molecule has 2 rings (SSSR count). The van der Waals surface area contributed by atoms with Gasteiger partial charge in [0.05, 0.1) is 11.6 Å². The summed E-state index contributed by atoms with van der Waals surface area (Å²) in [7, 11) is 0. The van der Waals surface area contributed by atoms with Gasteiger partial charge in [0.25, 0.3) is 0 Å². The summed E-state index contributed by atoms with van der Waals surface area (Å²) in [5.41, 5.74) is 1.08. The minimum Gasteiger partial charge on any atom is -0.492 e. The summed E-state index contributed by atoms with van der Waals surface area (Å²) in [6.45, 7) is 7.40. The molecule has 0 bridgehead atoms. The monoisotopic (exact) mass is 301 g/mol. The Hall–Kier alpha value is -0.440. The summed E-state index contributed by atoms with van der Waals surface area (Å²) in [6.07, 6.45) is 2.10. The second-order valence-electron chi connectivity index (χ2n) is 5.69. The van der Waals surface area contributed by atoms with Crippen LogP contribution in [0.1, 0.15) is 45.2 Å². The molecule has 4 heteroatoms. The van der Waals surface area contributed by atoms with Gasteiger partial charge in [0, 0.05) is 29.1 Å². The average molecular weight is 302 g/mol. The quantitative estimate of drug-likeness (QED) is 0.859. The van der Waals surface area contributed by atoms with Crippen LogP contribution in [-0.4, -0.2) is 12.6 Å². The van der Waals surface area contributed by atoms with Crippen LogP contribution in [0.3, 0.4) is 0 Å². The van der Waals surface area contributed by atoms with Crippen LogP contribution >= 0.6 is 23.2 Å². The van der Waals surface area contributed by atoms with Crippen molar-refractivity contribution >= 4 is 23.2 Å². The van der Waals surface area contributed by atoms with E-state index in [1.807, 2.05) is 6.07 Å². The fourth-order valence-electron chi connectivity index (χ4n) is 2.72. The highest BCUT2D eigenvalue weighted by Gasteiger charge is 2.25. The van der Waals surface area contributed by atoms with Gasteiger partial charge in [0.1, 0.15) is 5.75 Å². The fourth-order valence-corrected chi connectivity index (χ4v) is 3.28. The third-order valence-corrected chi connectivity index (χ3v) is 3.88. The van der Waals surface area contributed by atoms with E-state index in [1.54, 1.807) is 6.07 Å². The van der Waals surface area contributed by atoms with Gasteiger partial charge in [0.15, 0.2) is 0 Å². The standard InChI is InChI=1S/C15H21Cl2NO/c1-9(2)6-10(3)18-14-4-5-19-15-12(14)7-11(16)8-13(15)17/h7-10,14,18H,4-6H2,1-3H3. The fraction of sp³-hybridized carbons (Fsp3) is 0.600. The molecule has 1 aliphatic heterocycles. The molecule has 0 aromatic heterocycles. The minimum absolute atomic E-state index is 0.272. The number of fused-ring (bicyclic) bond motifs is 1. The third-order valence-electron chi connectivity index (χ3n) is 3.38. The number of benzene rings is 1. The van der Waals surface area contributed by atoms with Crippen LogP contribution in [0.15, 0.2) is 12.1 Å². The molecule has 0 radical (unpaired) electrons. The largest absolute Gasteiger partial charge is 0.492 e. The van der Waals surface area contributed by atoms with Gasteiger partial charge in [-0.05, 0) is 31.4 Å². The molecule has 0 spiro atoms. The maximum atomic E-state index is 6.20. The molecule has 0 saturated heterocycles. The highest BCUT2D eigenvalue weighted by Crippen LogP contribution is 2.40. The summed E-state index contributed by atoms with van der Waals surface area (Å²) in [4.78, 5) is 0. The molecule has 0 saturated carbocycles. The zero-order chi connectivity index (χ0) is 14.0. The molecule has 1 aromatic rings. The van der Waals surface area contributed by atoms with E-state index in [2.05, 4.69) is 26.1 Å². The molecule has 2 unspecified atom stereocenters. The van der Waals surface area contributed by atoms with E-state index in [9.17, 15) is 0 Å². The van der Waals surface area contributed by atoms with E-state index in [1.165, 1.54) is 0 Å². The smallest absolute Gasteiger partial charge is 0.142 e. The van der Waals surface area contributed by atoms with Gasteiger partial charge in [-0.2, -0.15) is 0 Å². The molecule has 1 aromatic carbocycles. The molecular weight excluding hydrogens is 281 g/mol. The third kappa shape index (κ3) is 3.77. The number of hydrogen-bond acceptors (Lipinski definition) is 2. The van der Waals surface area contributed by atoms with Crippen molar-refractivity contribution in [1.82, 2.24) is 5.32 Å². The van der Waals surface area contributed by atoms with Gasteiger partial charge in [-0.25, -0.2) is 0 Å². The molecule has 106 valence electrons. The lowest BCUT2D eigenvalue weighted by atomic mass is 9.97. The molecule has 0 amide bonds. The van der Waals surface area contributed by atoms with Crippen molar-refractivity contribution in [3.05, 3.63) is 27.7 Å². The molecule has 19 heavy (non-hydrogen) atoms. The maximum Gasteiger partial charge on any atom is 0.142 e. The molecule has 2 atom stereocenters. The van der Waals surface area contributed by atoms with E-state index in [0.717, 1.165) is 24.2 Å². The minimum atomic E-state index is 0.272. The molecule has 1 N–H and O–H groups in total. The van der Waals surface area contributed by atoms with Crippen LogP contribution in [0.5, 0.6) is 5.75 Å². The van der Waals surface area contributed by atoms with Crippen LogP contribution in [0, 0.1) is 5.92 Å². The Bertz CT molecular complexity index is 448. The first-order chi connectivity index (χ1) is 8.97. The number of ether oxygens (including phenoxy) is 1. The first-order valence-electron chi connectivity index (χ1n) is 6.85. The van der Waals surface area contributed by atoms with Gasteiger partial charge in [-0.15, -0.1) is 0 Å². The first-order valence-corrected chi connectivity index (χ1v) is 7.60. The Balaban J connectivity index is 2.17. The van der Waals surface area contributed by atoms with Gasteiger partial charge < -0.3 is 10.1 Å². The Morgan fingerprint density at radius 2 is 2.05 bits per heavy atom. The topological polar surface area (TPSA) is 21.3 Å². The van der Waals surface area contributed by atoms with Crippen molar-refractivity contribution in [2.75, 3.05) is 6.61 Å². The lowest BCUT2D eigenvalue weighted by molar-refractivity contribution is 0.241. The maximum absolute atomic E-state index is 6.20. The van der Waals surface area contributed by atoms with Crippen LogP contribution in [0.25, 0.3) is 0 Å². The predicted octanol–water partition coefficient (Wildman–Crippen LogP) is 4.84. The second kappa shape index (κ2) is 6.34. The number of rotatable bonds is 4. The van der Waals surface area contributed by atoms with Crippen molar-refractivity contribution < 1.29 is 4.74 Å². The first kappa shape index (κ1) is 15.0. The molecule has 2 nitrogen and oxygen atoms in total. The zero-order valence-corrected chi connectivity index (χ0v) is 13.2. The summed E-state index contributed by atoms with van der Waals surface area (Å²) in [5.74, 6) is 1.47. The van der Waals surface area contributed by atoms with Crippen molar-refractivity contribution in [2.45, 2.75) is 45.7 Å². The SMILES string of the molecule is CC(C)CC(C)NC1CCOc2c(Cl)cc(Cl)cc21. The lowest BCUT2D eigenvalue weighted by Crippen LogP contribution is -2.34. The Morgan fingerprint density at radius 1 is 1.32 bits per heavy atom. The molecule has 0 aliphatic carbocycles. The van der Waals surface area contributed by atoms with Crippen molar-refractivity contribution in [3.63, 3.8) is 0 Å². The number of halogens is 2. The van der Waals surface area contributed by atoms with E-state index in [4.69, 9.17) is 27.9 Å². The van der Waals surface area contributed by atoms with Crippen molar-refractivity contribution in [1.29, 1.82) is 0 Å². The normalized spacial score (nSPS) is 20.0. The highest BCUT2D eigenvalue weighted by molar-refractivity contribution is 6.35. The summed E-state index contributed by atoms with van der Waals surface area (Å²) in [5, 5.41) is 4.93. The summed E-state index contributed by atoms with van der Waals surface area (Å²) >= 11 is 12.3. The van der Waals surface area contributed by atoms with Crippen LogP contribution in [0.4, 0.5) is 0 Å². The number of hydrogen-bond donors (Lipinski definition) is 1. The van der Waals surface area contributed by atoms with Gasteiger partial charge in [-0.1, -0.05) is 37.0 Å². The van der Waals surface area contributed by atoms with Gasteiger partial charge in [-0.3, -0.25) is 0 Å². The lowest BCUT2D eigenvalue weighted by Gasteiger charge is -2.30. The van der Waals surface area contributed by atoms with Crippen LogP contribution in [0.2, 0.25) is 10.0 Å². The zero-order valence-electron chi connectivity index (χ0n) is 11.7. The van der Waals surface area contributed by atoms with Crippen molar-refractivity contribution in [3.8, 4) is 5.75 Å². The van der Waals surface area contributed by atoms with Crippen LogP contribution < -0.4 is 10.1 Å². The predicted molar refractivity (Wildman–Crippen MR) is 81.4 cm³/mol. The molecule has 0 fully saturated rings. The summed E-state index contributed by atoms with van der Waals surface area (Å²) in [6, 6.07) is 4.44. The Morgan fingerprint density at radius 3 is 2.74 bits per heavy atom. The Labute approximate surface area is 125 Å². The van der Waals surface area contributed by atoms with E-state index < -0.39 is 0 Å².